The lowest BCUT2D eigenvalue weighted by Crippen LogP contribution is -2.45. The number of hydrogen-bond acceptors (Lipinski definition) is 3. The van der Waals surface area contributed by atoms with E-state index in [9.17, 15) is 10.2 Å². The molecule has 1 aliphatic carbocycles. The van der Waals surface area contributed by atoms with Crippen LogP contribution in [0.3, 0.4) is 0 Å². The molecule has 2 unspecified atom stereocenters. The fourth-order valence-corrected chi connectivity index (χ4v) is 2.83. The van der Waals surface area contributed by atoms with E-state index in [0.717, 1.165) is 24.1 Å². The zero-order valence-electron chi connectivity index (χ0n) is 11.3. The van der Waals surface area contributed by atoms with Gasteiger partial charge in [0.05, 0.1) is 6.10 Å². The number of nitrogens with one attached hydrogen (secondary N) is 1. The maximum atomic E-state index is 10.2. The van der Waals surface area contributed by atoms with Gasteiger partial charge in [-0.3, -0.25) is 0 Å². The highest BCUT2D eigenvalue weighted by Gasteiger charge is 2.27. The summed E-state index contributed by atoms with van der Waals surface area (Å²) in [5.41, 5.74) is 3.22. The molecule has 3 nitrogen and oxygen atoms in total. The van der Waals surface area contributed by atoms with Crippen molar-refractivity contribution in [3.63, 3.8) is 0 Å². The average Bonchev–Trinajstić information content (AvgIpc) is 2.47. The van der Waals surface area contributed by atoms with Gasteiger partial charge in [-0.05, 0) is 29.2 Å². The second-order valence-electron chi connectivity index (χ2n) is 5.36. The number of aliphatic hydroxyl groups is 1. The number of aromatic hydroxyl groups is 1. The molecule has 0 aromatic heterocycles. The number of rotatable bonds is 3. The van der Waals surface area contributed by atoms with Gasteiger partial charge in [-0.15, -0.1) is 0 Å². The van der Waals surface area contributed by atoms with Crippen LogP contribution in [-0.4, -0.2) is 22.4 Å². The van der Waals surface area contributed by atoms with E-state index in [4.69, 9.17) is 0 Å². The molecule has 1 aliphatic rings. The van der Waals surface area contributed by atoms with Crippen LogP contribution >= 0.6 is 0 Å². The second kappa shape index (κ2) is 5.65. The van der Waals surface area contributed by atoms with Gasteiger partial charge in [0.25, 0.3) is 0 Å². The molecule has 2 aromatic carbocycles. The monoisotopic (exact) mass is 269 g/mol. The summed E-state index contributed by atoms with van der Waals surface area (Å²) < 4.78 is 0. The van der Waals surface area contributed by atoms with Crippen molar-refractivity contribution < 1.29 is 10.2 Å². The van der Waals surface area contributed by atoms with Gasteiger partial charge in [0, 0.05) is 19.0 Å². The Balaban J connectivity index is 1.70. The third kappa shape index (κ3) is 2.69. The summed E-state index contributed by atoms with van der Waals surface area (Å²) in [4.78, 5) is 0. The first-order valence-electron chi connectivity index (χ1n) is 6.99. The van der Waals surface area contributed by atoms with Gasteiger partial charge in [-0.1, -0.05) is 42.5 Å². The molecule has 0 saturated heterocycles. The van der Waals surface area contributed by atoms with Crippen LogP contribution in [0.4, 0.5) is 0 Å². The summed E-state index contributed by atoms with van der Waals surface area (Å²) in [5, 5.41) is 23.5. The maximum Gasteiger partial charge on any atom is 0.119 e. The number of phenols is 1. The Labute approximate surface area is 118 Å². The van der Waals surface area contributed by atoms with E-state index in [0.29, 0.717) is 12.2 Å². The van der Waals surface area contributed by atoms with Crippen LogP contribution in [0.5, 0.6) is 5.75 Å². The van der Waals surface area contributed by atoms with Gasteiger partial charge in [-0.2, -0.15) is 0 Å². The summed E-state index contributed by atoms with van der Waals surface area (Å²) in [7, 11) is 0. The first-order chi connectivity index (χ1) is 9.74. The molecule has 3 heteroatoms. The number of benzene rings is 2. The number of hydrogen-bond donors (Lipinski definition) is 3. The van der Waals surface area contributed by atoms with E-state index in [1.165, 1.54) is 5.56 Å². The van der Waals surface area contributed by atoms with Crippen molar-refractivity contribution in [3.8, 4) is 5.75 Å². The lowest BCUT2D eigenvalue weighted by molar-refractivity contribution is 0.117. The highest BCUT2D eigenvalue weighted by atomic mass is 16.3. The Morgan fingerprint density at radius 1 is 1.00 bits per heavy atom. The van der Waals surface area contributed by atoms with Crippen LogP contribution < -0.4 is 5.32 Å². The molecule has 3 N–H and O–H groups in total. The number of phenolic OH excluding ortho intramolecular Hbond substituents is 1. The molecule has 0 spiro atoms. The highest BCUT2D eigenvalue weighted by Crippen LogP contribution is 2.29. The molecule has 0 aliphatic heterocycles. The van der Waals surface area contributed by atoms with Crippen molar-refractivity contribution in [3.05, 3.63) is 65.2 Å². The predicted octanol–water partition coefficient (Wildman–Crippen LogP) is 2.01. The zero-order chi connectivity index (χ0) is 13.9. The fraction of sp³-hybridized carbons (Fsp3) is 0.294. The SMILES string of the molecule is Oc1cccc2c1CC(O)C(NCc1ccccc1)C2. The molecular formula is C17H19NO2. The Kier molecular flexibility index (Phi) is 3.72. The molecule has 0 bridgehead atoms. The van der Waals surface area contributed by atoms with Crippen molar-refractivity contribution in [2.45, 2.75) is 31.5 Å². The smallest absolute Gasteiger partial charge is 0.119 e. The summed E-state index contributed by atoms with van der Waals surface area (Å²) in [6.45, 7) is 0.747. The second-order valence-corrected chi connectivity index (χ2v) is 5.36. The lowest BCUT2D eigenvalue weighted by Gasteiger charge is -2.31. The van der Waals surface area contributed by atoms with Crippen molar-refractivity contribution in [2.75, 3.05) is 0 Å². The molecule has 3 rings (SSSR count). The van der Waals surface area contributed by atoms with Crippen molar-refractivity contribution >= 4 is 0 Å². The lowest BCUT2D eigenvalue weighted by atomic mass is 9.85. The van der Waals surface area contributed by atoms with E-state index in [2.05, 4.69) is 17.4 Å². The van der Waals surface area contributed by atoms with Crippen molar-refractivity contribution in [1.29, 1.82) is 0 Å². The fourth-order valence-electron chi connectivity index (χ4n) is 2.83. The molecule has 2 atom stereocenters. The standard InChI is InChI=1S/C17H19NO2/c19-16-8-4-7-13-9-15(17(20)10-14(13)16)18-11-12-5-2-1-3-6-12/h1-8,15,17-20H,9-11H2. The number of fused-ring (bicyclic) bond motifs is 1. The molecule has 0 saturated carbocycles. The topological polar surface area (TPSA) is 52.5 Å². The largest absolute Gasteiger partial charge is 0.508 e. The van der Waals surface area contributed by atoms with Crippen LogP contribution in [0.15, 0.2) is 48.5 Å². The van der Waals surface area contributed by atoms with Gasteiger partial charge >= 0.3 is 0 Å². The first kappa shape index (κ1) is 13.2. The molecule has 0 fully saturated rings. The van der Waals surface area contributed by atoms with Crippen LogP contribution in [0.2, 0.25) is 0 Å². The van der Waals surface area contributed by atoms with E-state index in [1.807, 2.05) is 30.3 Å². The molecule has 2 aromatic rings. The van der Waals surface area contributed by atoms with Crippen molar-refractivity contribution in [1.82, 2.24) is 5.32 Å². The average molecular weight is 269 g/mol. The summed E-state index contributed by atoms with van der Waals surface area (Å²) >= 11 is 0. The minimum absolute atomic E-state index is 0.0320. The minimum Gasteiger partial charge on any atom is -0.508 e. The summed E-state index contributed by atoms with van der Waals surface area (Å²) in [5.74, 6) is 0.294. The van der Waals surface area contributed by atoms with Gasteiger partial charge in [0.2, 0.25) is 0 Å². The van der Waals surface area contributed by atoms with E-state index < -0.39 is 6.10 Å². The van der Waals surface area contributed by atoms with Gasteiger partial charge in [0.15, 0.2) is 0 Å². The van der Waals surface area contributed by atoms with Crippen molar-refractivity contribution in [2.24, 2.45) is 0 Å². The van der Waals surface area contributed by atoms with Crippen LogP contribution in [0.25, 0.3) is 0 Å². The molecule has 0 radical (unpaired) electrons. The van der Waals surface area contributed by atoms with Gasteiger partial charge in [0.1, 0.15) is 5.75 Å². The third-order valence-electron chi connectivity index (χ3n) is 3.98. The van der Waals surface area contributed by atoms with Crippen LogP contribution in [0.1, 0.15) is 16.7 Å². The van der Waals surface area contributed by atoms with Crippen LogP contribution in [0, 0.1) is 0 Å². The van der Waals surface area contributed by atoms with E-state index in [-0.39, 0.29) is 6.04 Å². The highest BCUT2D eigenvalue weighted by molar-refractivity contribution is 5.42. The maximum absolute atomic E-state index is 10.2. The van der Waals surface area contributed by atoms with Crippen LogP contribution in [-0.2, 0) is 19.4 Å². The Morgan fingerprint density at radius 3 is 2.60 bits per heavy atom. The summed E-state index contributed by atoms with van der Waals surface area (Å²) in [6.07, 6.45) is 0.797. The minimum atomic E-state index is -0.459. The number of aliphatic hydroxyl groups excluding tert-OH is 1. The van der Waals surface area contributed by atoms with Gasteiger partial charge < -0.3 is 15.5 Å². The van der Waals surface area contributed by atoms with E-state index in [1.54, 1.807) is 6.07 Å². The third-order valence-corrected chi connectivity index (χ3v) is 3.98. The first-order valence-corrected chi connectivity index (χ1v) is 6.99. The predicted molar refractivity (Wildman–Crippen MR) is 78.6 cm³/mol. The molecule has 0 amide bonds. The molecule has 104 valence electrons. The quantitative estimate of drug-likeness (QED) is 0.799. The Hall–Kier alpha value is -1.84. The van der Waals surface area contributed by atoms with E-state index >= 15 is 0 Å². The molecule has 20 heavy (non-hydrogen) atoms. The Morgan fingerprint density at radius 2 is 1.80 bits per heavy atom. The Bertz CT molecular complexity index is 583. The zero-order valence-corrected chi connectivity index (χ0v) is 11.3. The normalized spacial score (nSPS) is 21.4. The summed E-state index contributed by atoms with van der Waals surface area (Å²) in [6, 6.07) is 15.8. The molecule has 0 heterocycles. The molecular weight excluding hydrogens is 250 g/mol. The van der Waals surface area contributed by atoms with Gasteiger partial charge in [-0.25, -0.2) is 0 Å².